The van der Waals surface area contributed by atoms with E-state index < -0.39 is 11.7 Å². The van der Waals surface area contributed by atoms with Crippen molar-refractivity contribution in [3.05, 3.63) is 29.6 Å². The third kappa shape index (κ3) is 3.20. The minimum atomic E-state index is -4.35. The maximum Gasteiger partial charge on any atom is 0.416 e. The summed E-state index contributed by atoms with van der Waals surface area (Å²) in [6.45, 7) is 1.55. The Morgan fingerprint density at radius 1 is 1.47 bits per heavy atom. The molecule has 0 aliphatic rings. The first-order valence-electron chi connectivity index (χ1n) is 4.56. The molecule has 84 valence electrons. The highest BCUT2D eigenvalue weighted by Crippen LogP contribution is 2.32. The van der Waals surface area contributed by atoms with E-state index in [1.165, 1.54) is 6.20 Å². The Morgan fingerprint density at radius 2 is 2.13 bits per heavy atom. The zero-order valence-corrected chi connectivity index (χ0v) is 8.25. The predicted octanol–water partition coefficient (Wildman–Crippen LogP) is 2.27. The second-order valence-corrected chi connectivity index (χ2v) is 3.52. The Bertz CT molecular complexity index is 325. The molecule has 15 heavy (non-hydrogen) atoms. The second-order valence-electron chi connectivity index (χ2n) is 3.52. The fourth-order valence-electron chi connectivity index (χ4n) is 1.31. The number of nitrogens with zero attached hydrogens (tertiary/aromatic N) is 1. The summed E-state index contributed by atoms with van der Waals surface area (Å²) in [6.07, 6.45) is -1.85. The molecule has 1 heterocycles. The van der Waals surface area contributed by atoms with E-state index >= 15 is 0 Å². The standard InChI is InChI=1S/C10H12F3NO/c1-7(6-15)4-8-5-14-3-2-9(8)10(11,12)13/h2-3,5,7,15H,4,6H2,1H3. The number of aliphatic hydroxyl groups is 1. The molecule has 1 N–H and O–H groups in total. The van der Waals surface area contributed by atoms with Gasteiger partial charge in [0.25, 0.3) is 0 Å². The summed E-state index contributed by atoms with van der Waals surface area (Å²) in [4.78, 5) is 3.66. The van der Waals surface area contributed by atoms with Crippen LogP contribution >= 0.6 is 0 Å². The lowest BCUT2D eigenvalue weighted by atomic mass is 9.99. The van der Waals surface area contributed by atoms with Crippen molar-refractivity contribution < 1.29 is 18.3 Å². The van der Waals surface area contributed by atoms with Crippen LogP contribution in [0.1, 0.15) is 18.1 Å². The summed E-state index contributed by atoms with van der Waals surface area (Å²) in [6, 6.07) is 0.958. The van der Waals surface area contributed by atoms with Gasteiger partial charge >= 0.3 is 6.18 Å². The molecule has 0 fully saturated rings. The maximum absolute atomic E-state index is 12.5. The van der Waals surface area contributed by atoms with Crippen molar-refractivity contribution in [1.82, 2.24) is 4.98 Å². The van der Waals surface area contributed by atoms with Crippen LogP contribution in [0.4, 0.5) is 13.2 Å². The van der Waals surface area contributed by atoms with Gasteiger partial charge in [0.05, 0.1) is 5.56 Å². The number of pyridine rings is 1. The van der Waals surface area contributed by atoms with Gasteiger partial charge in [0.1, 0.15) is 0 Å². The number of hydrogen-bond donors (Lipinski definition) is 1. The number of aliphatic hydroxyl groups excluding tert-OH is 1. The summed E-state index contributed by atoms with van der Waals surface area (Å²) in [5.41, 5.74) is -0.538. The first-order chi connectivity index (χ1) is 6.95. The number of hydrogen-bond acceptors (Lipinski definition) is 2. The third-order valence-corrected chi connectivity index (χ3v) is 2.09. The van der Waals surface area contributed by atoms with Crippen LogP contribution < -0.4 is 0 Å². The van der Waals surface area contributed by atoms with E-state index in [0.29, 0.717) is 0 Å². The van der Waals surface area contributed by atoms with Gasteiger partial charge in [0.2, 0.25) is 0 Å². The smallest absolute Gasteiger partial charge is 0.396 e. The Kier molecular flexibility index (Phi) is 3.68. The van der Waals surface area contributed by atoms with E-state index in [1.807, 2.05) is 0 Å². The molecule has 0 aliphatic carbocycles. The van der Waals surface area contributed by atoms with Gasteiger partial charge < -0.3 is 5.11 Å². The summed E-state index contributed by atoms with van der Waals surface area (Å²) in [7, 11) is 0. The molecule has 0 saturated carbocycles. The molecule has 0 amide bonds. The fraction of sp³-hybridized carbons (Fsp3) is 0.500. The minimum absolute atomic E-state index is 0.131. The molecular formula is C10H12F3NO. The van der Waals surface area contributed by atoms with Gasteiger partial charge in [-0.25, -0.2) is 0 Å². The van der Waals surface area contributed by atoms with E-state index in [1.54, 1.807) is 6.92 Å². The van der Waals surface area contributed by atoms with E-state index in [2.05, 4.69) is 4.98 Å². The summed E-state index contributed by atoms with van der Waals surface area (Å²) in [5.74, 6) is -0.199. The van der Waals surface area contributed by atoms with Crippen LogP contribution in [0.25, 0.3) is 0 Å². The molecule has 1 unspecified atom stereocenters. The zero-order valence-electron chi connectivity index (χ0n) is 8.25. The van der Waals surface area contributed by atoms with Crippen LogP contribution in [0, 0.1) is 5.92 Å². The third-order valence-electron chi connectivity index (χ3n) is 2.09. The lowest BCUT2D eigenvalue weighted by Crippen LogP contribution is -2.13. The van der Waals surface area contributed by atoms with E-state index in [4.69, 9.17) is 5.11 Å². The van der Waals surface area contributed by atoms with Crippen molar-refractivity contribution in [2.75, 3.05) is 6.61 Å². The van der Waals surface area contributed by atoms with Gasteiger partial charge in [0.15, 0.2) is 0 Å². The first-order valence-corrected chi connectivity index (χ1v) is 4.56. The molecule has 0 aliphatic heterocycles. The van der Waals surface area contributed by atoms with E-state index in [0.717, 1.165) is 12.3 Å². The Hall–Kier alpha value is -1.10. The molecule has 1 atom stereocenters. The second kappa shape index (κ2) is 4.61. The van der Waals surface area contributed by atoms with E-state index in [9.17, 15) is 13.2 Å². The monoisotopic (exact) mass is 219 g/mol. The van der Waals surface area contributed by atoms with Gasteiger partial charge in [-0.3, -0.25) is 4.98 Å². The summed E-state index contributed by atoms with van der Waals surface area (Å²) in [5, 5.41) is 8.79. The largest absolute Gasteiger partial charge is 0.416 e. The molecule has 0 radical (unpaired) electrons. The molecule has 0 saturated heterocycles. The fourth-order valence-corrected chi connectivity index (χ4v) is 1.31. The quantitative estimate of drug-likeness (QED) is 0.845. The van der Waals surface area contributed by atoms with Crippen LogP contribution in [0.3, 0.4) is 0 Å². The van der Waals surface area contributed by atoms with Gasteiger partial charge in [-0.05, 0) is 24.0 Å². The Morgan fingerprint density at radius 3 is 2.67 bits per heavy atom. The number of aromatic nitrogens is 1. The van der Waals surface area contributed by atoms with Gasteiger partial charge in [0, 0.05) is 19.0 Å². The van der Waals surface area contributed by atoms with Crippen molar-refractivity contribution in [2.45, 2.75) is 19.5 Å². The van der Waals surface area contributed by atoms with Crippen LogP contribution in [-0.2, 0) is 12.6 Å². The number of alkyl halides is 3. The average molecular weight is 219 g/mol. The topological polar surface area (TPSA) is 33.1 Å². The van der Waals surface area contributed by atoms with Crippen molar-refractivity contribution in [3.8, 4) is 0 Å². The molecule has 0 bridgehead atoms. The molecule has 1 aromatic heterocycles. The van der Waals surface area contributed by atoms with E-state index in [-0.39, 0.29) is 24.5 Å². The lowest BCUT2D eigenvalue weighted by Gasteiger charge is -2.14. The summed E-state index contributed by atoms with van der Waals surface area (Å²) >= 11 is 0. The Balaban J connectivity index is 2.97. The molecule has 2 nitrogen and oxygen atoms in total. The molecular weight excluding hydrogens is 207 g/mol. The van der Waals surface area contributed by atoms with Crippen molar-refractivity contribution in [1.29, 1.82) is 0 Å². The SMILES string of the molecule is CC(CO)Cc1cnccc1C(F)(F)F. The van der Waals surface area contributed by atoms with Crippen LogP contribution in [-0.4, -0.2) is 16.7 Å². The van der Waals surface area contributed by atoms with Gasteiger partial charge in [-0.1, -0.05) is 6.92 Å². The van der Waals surface area contributed by atoms with Crippen LogP contribution in [0.5, 0.6) is 0 Å². The molecule has 0 spiro atoms. The number of halogens is 3. The Labute approximate surface area is 85.8 Å². The van der Waals surface area contributed by atoms with Gasteiger partial charge in [-0.15, -0.1) is 0 Å². The molecule has 1 rings (SSSR count). The van der Waals surface area contributed by atoms with Crippen molar-refractivity contribution >= 4 is 0 Å². The van der Waals surface area contributed by atoms with Crippen molar-refractivity contribution in [2.24, 2.45) is 5.92 Å². The molecule has 0 aromatic carbocycles. The highest BCUT2D eigenvalue weighted by Gasteiger charge is 2.33. The van der Waals surface area contributed by atoms with Crippen LogP contribution in [0.2, 0.25) is 0 Å². The highest BCUT2D eigenvalue weighted by atomic mass is 19.4. The predicted molar refractivity (Wildman–Crippen MR) is 49.2 cm³/mol. The summed E-state index contributed by atoms with van der Waals surface area (Å²) < 4.78 is 37.5. The number of rotatable bonds is 3. The maximum atomic E-state index is 12.5. The molecule has 1 aromatic rings. The van der Waals surface area contributed by atoms with Crippen LogP contribution in [0.15, 0.2) is 18.5 Å². The minimum Gasteiger partial charge on any atom is -0.396 e. The van der Waals surface area contributed by atoms with Gasteiger partial charge in [-0.2, -0.15) is 13.2 Å². The average Bonchev–Trinajstić information content (AvgIpc) is 2.17. The zero-order chi connectivity index (χ0) is 11.5. The first kappa shape index (κ1) is 12.0. The highest BCUT2D eigenvalue weighted by molar-refractivity contribution is 5.26. The lowest BCUT2D eigenvalue weighted by molar-refractivity contribution is -0.138. The normalized spacial score (nSPS) is 13.9. The molecule has 5 heteroatoms. The van der Waals surface area contributed by atoms with Crippen molar-refractivity contribution in [3.63, 3.8) is 0 Å².